The van der Waals surface area contributed by atoms with E-state index in [0.717, 1.165) is 35.1 Å². The SMILES string of the molecule is CCCCCCCOCc1cc(-c2cnc(C)nc2)cc2c(C(C)=O)nn(CC(=O)N3C4C(C)[C@]4(C)C[C@H]3C(=O)Nc3nc(Br)ccc3C)c12. The van der Waals surface area contributed by atoms with E-state index in [0.29, 0.717) is 40.2 Å². The molecule has 1 aromatic carbocycles. The summed E-state index contributed by atoms with van der Waals surface area (Å²) in [5.41, 5.74) is 4.08. The van der Waals surface area contributed by atoms with Crippen LogP contribution in [0.2, 0.25) is 0 Å². The average Bonchev–Trinajstić information content (AvgIpc) is 3.34. The summed E-state index contributed by atoms with van der Waals surface area (Å²) in [5, 5.41) is 8.35. The molecule has 2 aliphatic rings. The Labute approximate surface area is 301 Å². The molecule has 0 spiro atoms. The third-order valence-corrected chi connectivity index (χ3v) is 11.0. The first kappa shape index (κ1) is 35.8. The van der Waals surface area contributed by atoms with Gasteiger partial charge in [0.1, 0.15) is 34.5 Å². The van der Waals surface area contributed by atoms with E-state index in [1.54, 1.807) is 22.0 Å². The number of amides is 2. The zero-order valence-corrected chi connectivity index (χ0v) is 31.3. The van der Waals surface area contributed by atoms with Crippen molar-refractivity contribution < 1.29 is 19.1 Å². The number of carbonyl (C=O) groups is 3. The smallest absolute Gasteiger partial charge is 0.248 e. The van der Waals surface area contributed by atoms with Gasteiger partial charge >= 0.3 is 0 Å². The lowest BCUT2D eigenvalue weighted by molar-refractivity contribution is -0.138. The molecule has 1 aliphatic carbocycles. The van der Waals surface area contributed by atoms with Gasteiger partial charge in [0.05, 0.1) is 12.1 Å². The lowest BCUT2D eigenvalue weighted by Gasteiger charge is -2.28. The summed E-state index contributed by atoms with van der Waals surface area (Å²) in [6.07, 6.45) is 9.71. The molecular formula is C38H46BrN7O4. The highest BCUT2D eigenvalue weighted by Gasteiger charge is 2.70. The Morgan fingerprint density at radius 2 is 1.80 bits per heavy atom. The van der Waals surface area contributed by atoms with Crippen LogP contribution in [0.1, 0.15) is 93.7 Å². The molecule has 12 heteroatoms. The number of likely N-dealkylation sites (tertiary alicyclic amines) is 1. The standard InChI is InChI=1S/C38H46BrN7O4/c1-7-8-9-10-11-14-50-21-27-15-26(28-18-40-25(5)41-19-28)16-29-33(24(4)47)44-45(34(27)29)20-32(48)46-30(17-38(6)23(3)35(38)46)37(49)43-36-22(2)12-13-31(39)42-36/h12-13,15-16,18-19,23,30,35H,7-11,14,17,20-21H2,1-6H3,(H,42,43,49)/t23?,30-,35?,38-/m0/s1. The summed E-state index contributed by atoms with van der Waals surface area (Å²) in [5.74, 6) is 0.685. The summed E-state index contributed by atoms with van der Waals surface area (Å²) >= 11 is 3.39. The fourth-order valence-corrected chi connectivity index (χ4v) is 7.83. The highest BCUT2D eigenvalue weighted by Crippen LogP contribution is 2.64. The molecule has 50 heavy (non-hydrogen) atoms. The number of rotatable bonds is 14. The second kappa shape index (κ2) is 14.7. The van der Waals surface area contributed by atoms with E-state index >= 15 is 0 Å². The van der Waals surface area contributed by atoms with Gasteiger partial charge in [-0.05, 0) is 83.3 Å². The van der Waals surface area contributed by atoms with E-state index in [1.165, 1.54) is 26.2 Å². The number of pyridine rings is 1. The minimum Gasteiger partial charge on any atom is -0.377 e. The van der Waals surface area contributed by atoms with E-state index in [1.807, 2.05) is 38.1 Å². The molecule has 4 heterocycles. The Kier molecular flexibility index (Phi) is 10.5. The van der Waals surface area contributed by atoms with Crippen molar-refractivity contribution in [3.63, 3.8) is 0 Å². The van der Waals surface area contributed by atoms with Crippen LogP contribution >= 0.6 is 15.9 Å². The first-order chi connectivity index (χ1) is 23.9. The topological polar surface area (TPSA) is 132 Å². The maximum Gasteiger partial charge on any atom is 0.248 e. The number of nitrogens with one attached hydrogen (secondary N) is 1. The summed E-state index contributed by atoms with van der Waals surface area (Å²) in [7, 11) is 0. The molecule has 2 unspecified atom stereocenters. The first-order valence-corrected chi connectivity index (χ1v) is 18.4. The maximum atomic E-state index is 14.4. The van der Waals surface area contributed by atoms with Crippen LogP contribution in [-0.4, -0.2) is 65.9 Å². The van der Waals surface area contributed by atoms with Crippen molar-refractivity contribution in [1.82, 2.24) is 29.6 Å². The molecule has 11 nitrogen and oxygen atoms in total. The number of aromatic nitrogens is 5. The van der Waals surface area contributed by atoms with Gasteiger partial charge in [-0.3, -0.25) is 19.1 Å². The van der Waals surface area contributed by atoms with E-state index < -0.39 is 6.04 Å². The van der Waals surface area contributed by atoms with Crippen LogP contribution in [0.25, 0.3) is 22.0 Å². The fourth-order valence-electron chi connectivity index (χ4n) is 7.52. The van der Waals surface area contributed by atoms with Gasteiger partial charge in [-0.25, -0.2) is 15.0 Å². The molecule has 6 rings (SSSR count). The molecule has 1 N–H and O–H groups in total. The Balaban J connectivity index is 1.33. The average molecular weight is 745 g/mol. The summed E-state index contributed by atoms with van der Waals surface area (Å²) in [6.45, 7) is 12.4. The van der Waals surface area contributed by atoms with Crippen molar-refractivity contribution in [2.45, 2.75) is 105 Å². The largest absolute Gasteiger partial charge is 0.377 e. The van der Waals surface area contributed by atoms with Gasteiger partial charge in [0.2, 0.25) is 11.8 Å². The number of piperidine rings is 1. The molecule has 0 bridgehead atoms. The second-order valence-electron chi connectivity index (χ2n) is 14.1. The molecular weight excluding hydrogens is 698 g/mol. The van der Waals surface area contributed by atoms with E-state index in [9.17, 15) is 14.4 Å². The van der Waals surface area contributed by atoms with Gasteiger partial charge in [-0.2, -0.15) is 5.10 Å². The van der Waals surface area contributed by atoms with Crippen molar-refractivity contribution in [3.05, 3.63) is 63.9 Å². The fraction of sp³-hybridized carbons (Fsp3) is 0.500. The molecule has 4 atom stereocenters. The summed E-state index contributed by atoms with van der Waals surface area (Å²) in [6, 6.07) is 6.90. The number of nitrogens with zero attached hydrogens (tertiary/aromatic N) is 6. The number of carbonyl (C=O) groups excluding carboxylic acids is 3. The number of halogens is 1. The van der Waals surface area contributed by atoms with Gasteiger partial charge in [0, 0.05) is 48.5 Å². The van der Waals surface area contributed by atoms with Gasteiger partial charge in [-0.1, -0.05) is 52.5 Å². The molecule has 0 radical (unpaired) electrons. The molecule has 4 aromatic rings. The van der Waals surface area contributed by atoms with Gasteiger partial charge in [-0.15, -0.1) is 0 Å². The first-order valence-electron chi connectivity index (χ1n) is 17.6. The van der Waals surface area contributed by atoms with E-state index in [4.69, 9.17) is 9.84 Å². The lowest BCUT2D eigenvalue weighted by atomic mass is 9.98. The highest BCUT2D eigenvalue weighted by molar-refractivity contribution is 9.10. The number of hydrogen-bond donors (Lipinski definition) is 1. The number of ketones is 1. The highest BCUT2D eigenvalue weighted by atomic mass is 79.9. The summed E-state index contributed by atoms with van der Waals surface area (Å²) in [4.78, 5) is 56.2. The zero-order chi connectivity index (χ0) is 35.7. The third-order valence-electron chi connectivity index (χ3n) is 10.5. The van der Waals surface area contributed by atoms with Gasteiger partial charge in [0.25, 0.3) is 0 Å². The number of unbranched alkanes of at least 4 members (excludes halogenated alkanes) is 4. The van der Waals surface area contributed by atoms with Crippen molar-refractivity contribution in [3.8, 4) is 11.1 Å². The Bertz CT molecular complexity index is 1930. The lowest BCUT2D eigenvalue weighted by Crippen LogP contribution is -2.47. The second-order valence-corrected chi connectivity index (χ2v) is 14.9. The molecule has 3 aromatic heterocycles. The number of hydrogen-bond acceptors (Lipinski definition) is 8. The van der Waals surface area contributed by atoms with Crippen LogP contribution < -0.4 is 5.32 Å². The van der Waals surface area contributed by atoms with Crippen LogP contribution in [-0.2, 0) is 27.5 Å². The van der Waals surface area contributed by atoms with Crippen molar-refractivity contribution in [2.75, 3.05) is 11.9 Å². The normalized spacial score (nSPS) is 21.0. The van der Waals surface area contributed by atoms with Crippen molar-refractivity contribution in [2.24, 2.45) is 11.3 Å². The van der Waals surface area contributed by atoms with Crippen LogP contribution in [0.4, 0.5) is 5.82 Å². The number of benzene rings is 1. The molecule has 264 valence electrons. The monoisotopic (exact) mass is 743 g/mol. The predicted molar refractivity (Wildman–Crippen MR) is 196 cm³/mol. The number of Topliss-reactive ketones (excluding diaryl/α,β-unsaturated/α-hetero) is 1. The van der Waals surface area contributed by atoms with Gasteiger partial charge < -0.3 is 15.0 Å². The quantitative estimate of drug-likeness (QED) is 0.0814. The van der Waals surface area contributed by atoms with Crippen LogP contribution in [0.15, 0.2) is 41.3 Å². The number of ether oxygens (including phenoxy) is 1. The van der Waals surface area contributed by atoms with Crippen molar-refractivity contribution >= 4 is 50.2 Å². The van der Waals surface area contributed by atoms with Crippen molar-refractivity contribution in [1.29, 1.82) is 0 Å². The van der Waals surface area contributed by atoms with E-state index in [-0.39, 0.29) is 53.8 Å². The zero-order valence-electron chi connectivity index (χ0n) is 29.8. The number of aryl methyl sites for hydroxylation is 2. The third kappa shape index (κ3) is 7.10. The van der Waals surface area contributed by atoms with Crippen LogP contribution in [0.5, 0.6) is 0 Å². The molecule has 2 amide bonds. The maximum absolute atomic E-state index is 14.4. The predicted octanol–water partition coefficient (Wildman–Crippen LogP) is 7.22. The number of fused-ring (bicyclic) bond motifs is 2. The molecule has 1 saturated carbocycles. The van der Waals surface area contributed by atoms with Gasteiger partial charge in [0.15, 0.2) is 5.78 Å². The Hall–Kier alpha value is -4.03. The minimum atomic E-state index is -0.661. The van der Waals surface area contributed by atoms with E-state index in [2.05, 4.69) is 57.0 Å². The minimum absolute atomic E-state index is 0.0694. The molecule has 1 aliphatic heterocycles. The molecule has 2 fully saturated rings. The number of anilines is 1. The molecule has 1 saturated heterocycles. The Morgan fingerprint density at radius 3 is 2.52 bits per heavy atom. The Morgan fingerprint density at radius 1 is 1.06 bits per heavy atom. The summed E-state index contributed by atoms with van der Waals surface area (Å²) < 4.78 is 8.45. The van der Waals surface area contributed by atoms with Crippen LogP contribution in [0, 0.1) is 25.2 Å². The van der Waals surface area contributed by atoms with Crippen LogP contribution in [0.3, 0.4) is 0 Å².